The van der Waals surface area contributed by atoms with Crippen molar-refractivity contribution in [3.8, 4) is 0 Å². The van der Waals surface area contributed by atoms with Gasteiger partial charge in [0.15, 0.2) is 0 Å². The molecule has 2 fully saturated rings. The Bertz CT molecular complexity index is 2710. The normalized spacial score (nSPS) is 14.0. The largest absolute Gasteiger partial charge is 3.00 e. The summed E-state index contributed by atoms with van der Waals surface area (Å²) >= 11 is 0. The quantitative estimate of drug-likeness (QED) is 0.0530. The van der Waals surface area contributed by atoms with Gasteiger partial charge in [0.25, 0.3) is 0 Å². The van der Waals surface area contributed by atoms with Gasteiger partial charge < -0.3 is 50.3 Å². The van der Waals surface area contributed by atoms with E-state index in [9.17, 15) is 10.2 Å². The number of ether oxygens (including phenoxy) is 2. The number of para-hydroxylation sites is 4. The van der Waals surface area contributed by atoms with Crippen LogP contribution in [0.25, 0.3) is 32.4 Å². The smallest absolute Gasteiger partial charge is 0.859 e. The predicted octanol–water partition coefficient (Wildman–Crippen LogP) is 18.4. The first-order chi connectivity index (χ1) is 40.3. The van der Waals surface area contributed by atoms with Crippen LogP contribution in [0.4, 0.5) is 11.4 Å². The van der Waals surface area contributed by atoms with Crippen molar-refractivity contribution in [3.63, 3.8) is 0 Å². The topological polar surface area (TPSA) is 170 Å². The molecule has 0 saturated carbocycles. The molecule has 2 aliphatic heterocycles. The molecule has 4 heterocycles. The number of hydrogen-bond acceptors (Lipinski definition) is 8. The summed E-state index contributed by atoms with van der Waals surface area (Å²) in [5, 5.41) is 36.5. The molecule has 16 heteroatoms. The van der Waals surface area contributed by atoms with Crippen LogP contribution >= 0.6 is 0 Å². The minimum Gasteiger partial charge on any atom is -0.859 e. The predicted molar refractivity (Wildman–Crippen MR) is 375 cm³/mol. The van der Waals surface area contributed by atoms with Crippen LogP contribution in [0.15, 0.2) is 117 Å². The standard InChI is InChI=1S/2C21H23N2O.2C11H25N2Si.2C4H8O.2Y/c2*1-13(2)16-9-7-10-17(14(3)4)20(16)23-21(24)19-12-15-8-5-6-11-18(15)22-19;2*1-9(2)12-11(13-10(3)4)8-14(5,6)7;2*1-2-4-5-3-1;;/h2*5-14H,1-4H3,(H-,22,23,24);2*9-10H,8H2,1-7H3;2*1-4H2;;/q4*-1;;;2*+3/p-2. The molecule has 0 radical (unpaired) electrons. The summed E-state index contributed by atoms with van der Waals surface area (Å²) in [5.74, 6) is 2.83. The van der Waals surface area contributed by atoms with E-state index < -0.39 is 16.1 Å². The number of hydrogen-bond donors (Lipinski definition) is 0. The van der Waals surface area contributed by atoms with Crippen molar-refractivity contribution < 1.29 is 85.1 Å². The van der Waals surface area contributed by atoms with Gasteiger partial charge in [0.1, 0.15) is 0 Å². The van der Waals surface area contributed by atoms with Crippen LogP contribution in [0.3, 0.4) is 0 Å². The Balaban J connectivity index is 0.000000565. The molecular formula is C72H110N8O4Si2Y2. The molecule has 0 bridgehead atoms. The van der Waals surface area contributed by atoms with Gasteiger partial charge in [0, 0.05) is 42.6 Å². The number of aromatic nitrogens is 2. The maximum absolute atomic E-state index is 12.7. The fourth-order valence-corrected chi connectivity index (χ4v) is 11.5. The zero-order chi connectivity index (χ0) is 64.3. The average molecular weight is 1390 g/mol. The Morgan fingerprint density at radius 1 is 0.443 bits per heavy atom. The number of benzene rings is 4. The number of nitrogens with zero attached hydrogens (tertiary/aromatic N) is 8. The van der Waals surface area contributed by atoms with Crippen LogP contribution in [0, 0.1) is 0 Å². The zero-order valence-corrected chi connectivity index (χ0v) is 66.0. The average Bonchev–Trinajstić information content (AvgIpc) is 2.35. The molecule has 0 aliphatic carbocycles. The molecule has 2 aromatic heterocycles. The Hall–Kier alpha value is -3.60. The molecule has 0 N–H and O–H groups in total. The van der Waals surface area contributed by atoms with E-state index in [1.807, 2.05) is 72.8 Å². The second-order valence-electron chi connectivity index (χ2n) is 27.3. The van der Waals surface area contributed by atoms with E-state index in [-0.39, 0.29) is 77.2 Å². The van der Waals surface area contributed by atoms with Crippen molar-refractivity contribution >= 4 is 72.8 Å². The van der Waals surface area contributed by atoms with Crippen LogP contribution < -0.4 is 20.2 Å². The maximum atomic E-state index is 12.7. The molecule has 0 atom stereocenters. The van der Waals surface area contributed by atoms with E-state index in [1.165, 1.54) is 25.7 Å². The fraction of sp³-hybridized carbons (Fsp3) is 0.556. The zero-order valence-electron chi connectivity index (χ0n) is 58.3. The number of amidine groups is 2. The molecule has 88 heavy (non-hydrogen) atoms. The van der Waals surface area contributed by atoms with Gasteiger partial charge in [-0.05, 0) is 130 Å². The van der Waals surface area contributed by atoms with Gasteiger partial charge >= 0.3 is 65.4 Å². The third-order valence-corrected chi connectivity index (χ3v) is 15.9. The van der Waals surface area contributed by atoms with Gasteiger partial charge in [0.2, 0.25) is 0 Å². The van der Waals surface area contributed by atoms with E-state index in [4.69, 9.17) is 9.47 Å². The van der Waals surface area contributed by atoms with Crippen LogP contribution in [-0.4, -0.2) is 90.2 Å². The van der Waals surface area contributed by atoms with Crippen molar-refractivity contribution in [1.29, 1.82) is 0 Å². The van der Waals surface area contributed by atoms with Gasteiger partial charge in [-0.2, -0.15) is 0 Å². The van der Waals surface area contributed by atoms with Crippen molar-refractivity contribution in [2.45, 2.75) is 236 Å². The van der Waals surface area contributed by atoms with Crippen LogP contribution in [0.2, 0.25) is 51.4 Å². The van der Waals surface area contributed by atoms with Gasteiger partial charge in [0.05, 0.1) is 11.4 Å². The first-order valence-corrected chi connectivity index (χ1v) is 39.3. The van der Waals surface area contributed by atoms with Crippen molar-refractivity contribution in [3.05, 3.63) is 141 Å². The Morgan fingerprint density at radius 2 is 0.727 bits per heavy atom. The van der Waals surface area contributed by atoms with Gasteiger partial charge in [-0.1, -0.05) is 259 Å². The SMILES string of the molecule is C1CCOC1.C1CCOC1.CC(C)N=C(C[Si](C)(C)C)[N-]C(C)C.CC(C)N=C(C[Si](C)(C)C)[N-]C(C)C.CC(C)c1cccc(C(C)C)c1N=C([O-])c1cc2ccccc2[n-]1.CC(C)c1cccc(C(C)C)c1N=C([O-])c1cc2ccccc2[n-]1.[Y+3].[Y+3]. The van der Waals surface area contributed by atoms with Gasteiger partial charge in [-0.15, -0.1) is 22.4 Å². The summed E-state index contributed by atoms with van der Waals surface area (Å²) in [7, 11) is -2.16. The molecule has 4 aromatic carbocycles. The van der Waals surface area contributed by atoms with E-state index in [2.05, 4.69) is 215 Å². The van der Waals surface area contributed by atoms with Crippen LogP contribution in [0.5, 0.6) is 0 Å². The molecule has 0 unspecified atom stereocenters. The fourth-order valence-electron chi connectivity index (χ4n) is 9.27. The van der Waals surface area contributed by atoms with Crippen LogP contribution in [-0.2, 0) is 74.9 Å². The maximum Gasteiger partial charge on any atom is 3.00 e. The van der Waals surface area contributed by atoms with Crippen molar-refractivity contribution in [1.82, 2.24) is 9.97 Å². The van der Waals surface area contributed by atoms with Crippen molar-refractivity contribution in [2.75, 3.05) is 26.4 Å². The van der Waals surface area contributed by atoms with Crippen molar-refractivity contribution in [2.24, 2.45) is 20.0 Å². The Morgan fingerprint density at radius 3 is 0.943 bits per heavy atom. The minimum absolute atomic E-state index is 0. The third-order valence-electron chi connectivity index (χ3n) is 13.2. The van der Waals surface area contributed by atoms with E-state index >= 15 is 0 Å². The van der Waals surface area contributed by atoms with Crippen LogP contribution in [0.1, 0.15) is 194 Å². The first kappa shape index (κ1) is 82.4. The third kappa shape index (κ3) is 32.1. The van der Waals surface area contributed by atoms with Gasteiger partial charge in [-0.3, -0.25) is 9.98 Å². The van der Waals surface area contributed by atoms with Gasteiger partial charge in [-0.25, -0.2) is 0 Å². The summed E-state index contributed by atoms with van der Waals surface area (Å²) in [6, 6.07) is 35.1. The van der Waals surface area contributed by atoms with E-state index in [1.54, 1.807) is 0 Å². The molecule has 6 aromatic rings. The van der Waals surface area contributed by atoms with E-state index in [0.29, 0.717) is 59.2 Å². The molecule has 0 amide bonds. The molecule has 0 spiro atoms. The molecule has 476 valence electrons. The summed E-state index contributed by atoms with van der Waals surface area (Å²) < 4.78 is 9.89. The molecule has 12 nitrogen and oxygen atoms in total. The second-order valence-corrected chi connectivity index (χ2v) is 38.2. The second kappa shape index (κ2) is 41.8. The Kier molecular flexibility index (Phi) is 39.1. The molecular weight excluding hydrogens is 1270 g/mol. The number of rotatable bonds is 16. The molecule has 8 rings (SSSR count). The van der Waals surface area contributed by atoms with E-state index in [0.717, 1.165) is 106 Å². The number of fused-ring (bicyclic) bond motifs is 2. The summed E-state index contributed by atoms with van der Waals surface area (Å²) in [5.41, 5.74) is 8.50. The monoisotopic (exact) mass is 1380 g/mol. The Labute approximate surface area is 585 Å². The molecule has 2 saturated heterocycles. The summed E-state index contributed by atoms with van der Waals surface area (Å²) in [4.78, 5) is 26.9. The molecule has 2 aliphatic rings. The first-order valence-electron chi connectivity index (χ1n) is 31.9. The number of aliphatic imine (C=N–C) groups is 4. The summed E-state index contributed by atoms with van der Waals surface area (Å²) in [6.45, 7) is 52.0. The minimum atomic E-state index is -1.08. The summed E-state index contributed by atoms with van der Waals surface area (Å²) in [6.07, 6.45) is 5.11.